The molecule has 0 aliphatic carbocycles. The summed E-state index contributed by atoms with van der Waals surface area (Å²) in [7, 11) is 0. The van der Waals surface area contributed by atoms with Crippen molar-refractivity contribution in [2.75, 3.05) is 6.54 Å². The topological polar surface area (TPSA) is 29.9 Å². The highest BCUT2D eigenvalue weighted by atomic mass is 15.3. The van der Waals surface area contributed by atoms with Crippen LogP contribution in [0.5, 0.6) is 0 Å². The van der Waals surface area contributed by atoms with E-state index in [9.17, 15) is 0 Å². The molecule has 0 bridgehead atoms. The van der Waals surface area contributed by atoms with Crippen LogP contribution in [0.3, 0.4) is 0 Å². The van der Waals surface area contributed by atoms with E-state index in [2.05, 4.69) is 51.5 Å². The maximum atomic E-state index is 4.86. The normalized spacial score (nSPS) is 13.2. The van der Waals surface area contributed by atoms with Crippen molar-refractivity contribution in [3.8, 4) is 0 Å². The van der Waals surface area contributed by atoms with Crippen LogP contribution in [0.15, 0.2) is 0 Å². The number of hydrogen-bond acceptors (Lipinski definition) is 2. The molecule has 0 saturated heterocycles. The first-order chi connectivity index (χ1) is 9.53. The van der Waals surface area contributed by atoms with Crippen LogP contribution in [0.2, 0.25) is 0 Å². The summed E-state index contributed by atoms with van der Waals surface area (Å²) in [6.45, 7) is 16.6. The van der Waals surface area contributed by atoms with Gasteiger partial charge in [-0.3, -0.25) is 4.68 Å². The molecule has 1 aromatic heterocycles. The number of nitrogens with one attached hydrogen (secondary N) is 1. The summed E-state index contributed by atoms with van der Waals surface area (Å²) in [5, 5.41) is 8.44. The molecule has 1 rings (SSSR count). The van der Waals surface area contributed by atoms with E-state index < -0.39 is 0 Å². The molecule has 0 aromatic carbocycles. The molecule has 1 unspecified atom stereocenters. The predicted octanol–water partition coefficient (Wildman–Crippen LogP) is 3.80. The van der Waals surface area contributed by atoms with Gasteiger partial charge in [-0.25, -0.2) is 0 Å². The van der Waals surface area contributed by atoms with Crippen LogP contribution in [-0.2, 0) is 25.9 Å². The van der Waals surface area contributed by atoms with Crippen LogP contribution in [0, 0.1) is 11.8 Å². The number of hydrogen-bond donors (Lipinski definition) is 1. The molecule has 1 aromatic rings. The fourth-order valence-electron chi connectivity index (χ4n) is 2.53. The van der Waals surface area contributed by atoms with Gasteiger partial charge in [-0.15, -0.1) is 0 Å². The van der Waals surface area contributed by atoms with Crippen LogP contribution in [-0.4, -0.2) is 16.3 Å². The van der Waals surface area contributed by atoms with Crippen molar-refractivity contribution in [1.29, 1.82) is 0 Å². The van der Waals surface area contributed by atoms with E-state index in [1.807, 2.05) is 0 Å². The summed E-state index contributed by atoms with van der Waals surface area (Å²) < 4.78 is 2.26. The van der Waals surface area contributed by atoms with Crippen molar-refractivity contribution in [2.45, 2.75) is 73.9 Å². The quantitative estimate of drug-likeness (QED) is 0.745. The summed E-state index contributed by atoms with van der Waals surface area (Å²) in [6.07, 6.45) is 3.31. The SMILES string of the molecule is CCc1nn(CC(C)CC)c(CC)c1CNCC(C)C. The predicted molar refractivity (Wildman–Crippen MR) is 87.0 cm³/mol. The van der Waals surface area contributed by atoms with E-state index in [0.29, 0.717) is 11.8 Å². The Morgan fingerprint density at radius 1 is 1.10 bits per heavy atom. The molecular formula is C17H33N3. The molecule has 0 aliphatic rings. The third-order valence-corrected chi connectivity index (χ3v) is 3.96. The molecule has 0 fully saturated rings. The maximum Gasteiger partial charge on any atom is 0.0669 e. The van der Waals surface area contributed by atoms with Crippen molar-refractivity contribution in [1.82, 2.24) is 15.1 Å². The van der Waals surface area contributed by atoms with Gasteiger partial charge in [-0.1, -0.05) is 48.0 Å². The summed E-state index contributed by atoms with van der Waals surface area (Å²) in [6, 6.07) is 0. The van der Waals surface area contributed by atoms with Crippen LogP contribution >= 0.6 is 0 Å². The first-order valence-electron chi connectivity index (χ1n) is 8.31. The van der Waals surface area contributed by atoms with E-state index in [1.54, 1.807) is 0 Å². The molecule has 1 atom stereocenters. The van der Waals surface area contributed by atoms with Gasteiger partial charge in [-0.05, 0) is 31.2 Å². The van der Waals surface area contributed by atoms with Crippen LogP contribution in [0.1, 0.15) is 64.9 Å². The lowest BCUT2D eigenvalue weighted by atomic mass is 10.1. The van der Waals surface area contributed by atoms with Gasteiger partial charge >= 0.3 is 0 Å². The molecule has 116 valence electrons. The zero-order valence-corrected chi connectivity index (χ0v) is 14.3. The maximum absolute atomic E-state index is 4.86. The lowest BCUT2D eigenvalue weighted by Gasteiger charge is -2.13. The highest BCUT2D eigenvalue weighted by molar-refractivity contribution is 5.26. The molecule has 0 radical (unpaired) electrons. The molecule has 0 amide bonds. The van der Waals surface area contributed by atoms with E-state index in [-0.39, 0.29) is 0 Å². The first kappa shape index (κ1) is 17.2. The van der Waals surface area contributed by atoms with Crippen molar-refractivity contribution < 1.29 is 0 Å². The van der Waals surface area contributed by atoms with Crippen molar-refractivity contribution in [3.63, 3.8) is 0 Å². The van der Waals surface area contributed by atoms with Crippen molar-refractivity contribution in [2.24, 2.45) is 11.8 Å². The van der Waals surface area contributed by atoms with Gasteiger partial charge in [0.15, 0.2) is 0 Å². The second-order valence-electron chi connectivity index (χ2n) is 6.30. The van der Waals surface area contributed by atoms with Crippen LogP contribution in [0.4, 0.5) is 0 Å². The minimum absolute atomic E-state index is 0.695. The second kappa shape index (κ2) is 8.46. The molecular weight excluding hydrogens is 246 g/mol. The van der Waals surface area contributed by atoms with Gasteiger partial charge in [0, 0.05) is 24.3 Å². The largest absolute Gasteiger partial charge is 0.312 e. The number of aryl methyl sites for hydroxylation is 1. The van der Waals surface area contributed by atoms with Crippen molar-refractivity contribution in [3.05, 3.63) is 17.0 Å². The Balaban J connectivity index is 2.89. The highest BCUT2D eigenvalue weighted by Gasteiger charge is 2.16. The standard InChI is InChI=1S/C17H33N3/c1-7-14(6)12-20-17(9-3)15(16(8-2)19-20)11-18-10-13(4)5/h13-14,18H,7-12H2,1-6H3. The summed E-state index contributed by atoms with van der Waals surface area (Å²) in [4.78, 5) is 0. The molecule has 0 saturated carbocycles. The van der Waals surface area contributed by atoms with Crippen LogP contribution < -0.4 is 5.32 Å². The lowest BCUT2D eigenvalue weighted by molar-refractivity contribution is 0.427. The van der Waals surface area contributed by atoms with Gasteiger partial charge < -0.3 is 5.32 Å². The molecule has 0 spiro atoms. The monoisotopic (exact) mass is 279 g/mol. The Kier molecular flexibility index (Phi) is 7.28. The number of aromatic nitrogens is 2. The van der Waals surface area contributed by atoms with Gasteiger partial charge in [0.2, 0.25) is 0 Å². The average Bonchev–Trinajstić information content (AvgIpc) is 2.75. The summed E-state index contributed by atoms with van der Waals surface area (Å²) in [5.74, 6) is 1.39. The van der Waals surface area contributed by atoms with Crippen LogP contribution in [0.25, 0.3) is 0 Å². The fraction of sp³-hybridized carbons (Fsp3) is 0.824. The summed E-state index contributed by atoms with van der Waals surface area (Å²) in [5.41, 5.74) is 4.15. The molecule has 0 aliphatic heterocycles. The smallest absolute Gasteiger partial charge is 0.0669 e. The van der Waals surface area contributed by atoms with E-state index in [1.165, 1.54) is 23.4 Å². The first-order valence-corrected chi connectivity index (χ1v) is 8.31. The van der Waals surface area contributed by atoms with E-state index in [4.69, 9.17) is 5.10 Å². The Bertz CT molecular complexity index is 393. The van der Waals surface area contributed by atoms with E-state index in [0.717, 1.165) is 32.5 Å². The number of rotatable bonds is 9. The van der Waals surface area contributed by atoms with Gasteiger partial charge in [0.1, 0.15) is 0 Å². The molecule has 1 heterocycles. The Morgan fingerprint density at radius 3 is 2.30 bits per heavy atom. The third-order valence-electron chi connectivity index (χ3n) is 3.96. The van der Waals surface area contributed by atoms with E-state index >= 15 is 0 Å². The molecule has 3 nitrogen and oxygen atoms in total. The van der Waals surface area contributed by atoms with Crippen molar-refractivity contribution >= 4 is 0 Å². The fourth-order valence-corrected chi connectivity index (χ4v) is 2.53. The Labute approximate surface area is 125 Å². The van der Waals surface area contributed by atoms with Gasteiger partial charge in [-0.2, -0.15) is 5.10 Å². The average molecular weight is 279 g/mol. The van der Waals surface area contributed by atoms with Gasteiger partial charge in [0.25, 0.3) is 0 Å². The zero-order valence-electron chi connectivity index (χ0n) is 14.3. The molecule has 20 heavy (non-hydrogen) atoms. The summed E-state index contributed by atoms with van der Waals surface area (Å²) >= 11 is 0. The third kappa shape index (κ3) is 4.62. The molecule has 1 N–H and O–H groups in total. The Hall–Kier alpha value is -0.830. The zero-order chi connectivity index (χ0) is 15.1. The number of nitrogens with zero attached hydrogens (tertiary/aromatic N) is 2. The Morgan fingerprint density at radius 2 is 1.80 bits per heavy atom. The highest BCUT2D eigenvalue weighted by Crippen LogP contribution is 2.18. The second-order valence-corrected chi connectivity index (χ2v) is 6.30. The molecule has 3 heteroatoms. The lowest BCUT2D eigenvalue weighted by Crippen LogP contribution is -2.20. The minimum atomic E-state index is 0.695. The van der Waals surface area contributed by atoms with Gasteiger partial charge in [0.05, 0.1) is 5.69 Å². The minimum Gasteiger partial charge on any atom is -0.312 e.